The first-order chi connectivity index (χ1) is 17.6. The van der Waals surface area contributed by atoms with E-state index in [9.17, 15) is 18.0 Å². The number of alkyl halides is 3. The number of pyridine rings is 1. The number of benzene rings is 2. The molecule has 1 amide bonds. The summed E-state index contributed by atoms with van der Waals surface area (Å²) in [5, 5.41) is 12.3. The molecule has 5 aromatic rings. The zero-order valence-corrected chi connectivity index (χ0v) is 20.3. The molecule has 37 heavy (non-hydrogen) atoms. The van der Waals surface area contributed by atoms with Gasteiger partial charge in [-0.15, -0.1) is 0 Å². The average Bonchev–Trinajstić information content (AvgIpc) is 3.41. The smallest absolute Gasteiger partial charge is 0.319 e. The van der Waals surface area contributed by atoms with Crippen molar-refractivity contribution in [3.05, 3.63) is 95.1 Å². The number of fused-ring (bicyclic) bond motifs is 1. The predicted molar refractivity (Wildman–Crippen MR) is 134 cm³/mol. The van der Waals surface area contributed by atoms with Gasteiger partial charge >= 0.3 is 6.18 Å². The number of nitrogens with zero attached hydrogens (tertiary/aromatic N) is 5. The number of amides is 1. The Labute approximate surface area is 210 Å². The molecule has 0 unspecified atom stereocenters. The summed E-state index contributed by atoms with van der Waals surface area (Å²) in [6.07, 6.45) is -0.915. The topological polar surface area (TPSA) is 77.6 Å². The fourth-order valence-corrected chi connectivity index (χ4v) is 4.30. The van der Waals surface area contributed by atoms with Gasteiger partial charge in [-0.05, 0) is 43.7 Å². The van der Waals surface area contributed by atoms with Crippen LogP contribution in [-0.2, 0) is 19.8 Å². The third-order valence-corrected chi connectivity index (χ3v) is 6.17. The second kappa shape index (κ2) is 9.20. The van der Waals surface area contributed by atoms with Crippen LogP contribution in [0.15, 0.2) is 67.0 Å². The molecule has 0 saturated heterocycles. The van der Waals surface area contributed by atoms with Gasteiger partial charge in [-0.25, -0.2) is 4.98 Å². The normalized spacial score (nSPS) is 11.7. The molecule has 0 spiro atoms. The van der Waals surface area contributed by atoms with Crippen LogP contribution in [0.1, 0.15) is 32.9 Å². The van der Waals surface area contributed by atoms with Crippen molar-refractivity contribution in [3.63, 3.8) is 0 Å². The highest BCUT2D eigenvalue weighted by molar-refractivity contribution is 6.13. The number of carbonyl (C=O) groups excluding carboxylic acids is 1. The summed E-state index contributed by atoms with van der Waals surface area (Å²) in [4.78, 5) is 18.2. The molecule has 0 saturated carbocycles. The molecular weight excluding hydrogens is 481 g/mol. The summed E-state index contributed by atoms with van der Waals surface area (Å²) in [7, 11) is 1.81. The quantitative estimate of drug-likeness (QED) is 0.330. The molecule has 1 N–H and O–H groups in total. The summed E-state index contributed by atoms with van der Waals surface area (Å²) >= 11 is 0. The van der Waals surface area contributed by atoms with Gasteiger partial charge in [-0.1, -0.05) is 30.3 Å². The molecule has 0 radical (unpaired) electrons. The number of para-hydroxylation sites is 1. The van der Waals surface area contributed by atoms with E-state index in [-0.39, 0.29) is 12.5 Å². The standard InChI is InChI=1S/C27H23F3N6O/c1-16-25(17(2)36(34-16)14-18-7-6-8-20(11-18)27(28,29)30)33-26(37)22-12-24(19-13-31-35(3)15-19)32-23-10-5-4-9-21(22)23/h4-13,15H,14H2,1-3H3,(H,33,37). The number of carbonyl (C=O) groups is 1. The van der Waals surface area contributed by atoms with Crippen molar-refractivity contribution in [2.24, 2.45) is 7.05 Å². The van der Waals surface area contributed by atoms with Crippen LogP contribution in [0.4, 0.5) is 18.9 Å². The molecular formula is C27H23F3N6O. The van der Waals surface area contributed by atoms with E-state index in [4.69, 9.17) is 0 Å². The third kappa shape index (κ3) is 4.82. The number of aryl methyl sites for hydroxylation is 2. The SMILES string of the molecule is Cc1nn(Cc2cccc(C(F)(F)F)c2)c(C)c1NC(=O)c1cc(-c2cnn(C)c2)nc2ccccc12. The van der Waals surface area contributed by atoms with E-state index in [1.165, 1.54) is 6.07 Å². The van der Waals surface area contributed by atoms with Crippen molar-refractivity contribution in [3.8, 4) is 11.3 Å². The Bertz CT molecular complexity index is 1630. The van der Waals surface area contributed by atoms with Crippen LogP contribution in [0.25, 0.3) is 22.2 Å². The van der Waals surface area contributed by atoms with Crippen LogP contribution in [0, 0.1) is 13.8 Å². The van der Waals surface area contributed by atoms with Gasteiger partial charge in [0.1, 0.15) is 0 Å². The summed E-state index contributed by atoms with van der Waals surface area (Å²) in [6, 6.07) is 14.2. The lowest BCUT2D eigenvalue weighted by atomic mass is 10.0. The summed E-state index contributed by atoms with van der Waals surface area (Å²) in [5.41, 5.74) is 3.96. The second-order valence-electron chi connectivity index (χ2n) is 8.83. The van der Waals surface area contributed by atoms with Crippen LogP contribution in [-0.4, -0.2) is 30.5 Å². The molecule has 0 aliphatic rings. The molecule has 0 fully saturated rings. The van der Waals surface area contributed by atoms with E-state index in [2.05, 4.69) is 20.5 Å². The number of nitrogens with one attached hydrogen (secondary N) is 1. The van der Waals surface area contributed by atoms with Gasteiger partial charge in [-0.2, -0.15) is 23.4 Å². The Morgan fingerprint density at radius 1 is 1.05 bits per heavy atom. The second-order valence-corrected chi connectivity index (χ2v) is 8.83. The zero-order chi connectivity index (χ0) is 26.3. The van der Waals surface area contributed by atoms with Crippen LogP contribution in [0.3, 0.4) is 0 Å². The lowest BCUT2D eigenvalue weighted by Gasteiger charge is -2.11. The van der Waals surface area contributed by atoms with Gasteiger partial charge in [0.2, 0.25) is 0 Å². The van der Waals surface area contributed by atoms with Crippen LogP contribution < -0.4 is 5.32 Å². The predicted octanol–water partition coefficient (Wildman–Crippen LogP) is 5.77. The summed E-state index contributed by atoms with van der Waals surface area (Å²) in [6.45, 7) is 3.65. The van der Waals surface area contributed by atoms with Crippen molar-refractivity contribution in [1.29, 1.82) is 0 Å². The van der Waals surface area contributed by atoms with Gasteiger partial charge in [-0.3, -0.25) is 14.2 Å². The Kier molecular flexibility index (Phi) is 6.02. The number of hydrogen-bond acceptors (Lipinski definition) is 4. The van der Waals surface area contributed by atoms with Gasteiger partial charge < -0.3 is 5.32 Å². The monoisotopic (exact) mass is 504 g/mol. The highest BCUT2D eigenvalue weighted by Gasteiger charge is 2.30. The molecule has 0 aliphatic carbocycles. The molecule has 2 aromatic carbocycles. The molecule has 188 valence electrons. The maximum Gasteiger partial charge on any atom is 0.416 e. The van der Waals surface area contributed by atoms with Crippen molar-refractivity contribution < 1.29 is 18.0 Å². The third-order valence-electron chi connectivity index (χ3n) is 6.17. The van der Waals surface area contributed by atoms with Crippen molar-refractivity contribution in [2.45, 2.75) is 26.6 Å². The minimum absolute atomic E-state index is 0.135. The Balaban J connectivity index is 1.47. The minimum atomic E-state index is -4.42. The molecule has 0 aliphatic heterocycles. The van der Waals surface area contributed by atoms with Gasteiger partial charge in [0, 0.05) is 24.2 Å². The van der Waals surface area contributed by atoms with E-state index in [0.717, 1.165) is 17.7 Å². The highest BCUT2D eigenvalue weighted by Crippen LogP contribution is 2.30. The van der Waals surface area contributed by atoms with E-state index in [1.807, 2.05) is 30.5 Å². The lowest BCUT2D eigenvalue weighted by Crippen LogP contribution is -2.14. The van der Waals surface area contributed by atoms with Crippen molar-refractivity contribution >= 4 is 22.5 Å². The first-order valence-electron chi connectivity index (χ1n) is 11.5. The maximum atomic E-state index is 13.5. The van der Waals surface area contributed by atoms with E-state index in [0.29, 0.717) is 44.8 Å². The molecule has 0 atom stereocenters. The molecule has 7 nitrogen and oxygen atoms in total. The van der Waals surface area contributed by atoms with Crippen LogP contribution in [0.5, 0.6) is 0 Å². The molecule has 5 rings (SSSR count). The largest absolute Gasteiger partial charge is 0.416 e. The number of anilines is 1. The Morgan fingerprint density at radius 3 is 2.57 bits per heavy atom. The number of aromatic nitrogens is 5. The van der Waals surface area contributed by atoms with Crippen molar-refractivity contribution in [1.82, 2.24) is 24.5 Å². The molecule has 3 aromatic heterocycles. The van der Waals surface area contributed by atoms with E-state index < -0.39 is 11.7 Å². The molecule has 3 heterocycles. The van der Waals surface area contributed by atoms with Crippen LogP contribution >= 0.6 is 0 Å². The fraction of sp³-hybridized carbons (Fsp3) is 0.185. The fourth-order valence-electron chi connectivity index (χ4n) is 4.30. The lowest BCUT2D eigenvalue weighted by molar-refractivity contribution is -0.137. The highest BCUT2D eigenvalue weighted by atomic mass is 19.4. The minimum Gasteiger partial charge on any atom is -0.319 e. The molecule has 0 bridgehead atoms. The average molecular weight is 505 g/mol. The maximum absolute atomic E-state index is 13.5. The van der Waals surface area contributed by atoms with E-state index in [1.54, 1.807) is 48.6 Å². The molecule has 10 heteroatoms. The van der Waals surface area contributed by atoms with Crippen molar-refractivity contribution in [2.75, 3.05) is 5.32 Å². The van der Waals surface area contributed by atoms with Gasteiger partial charge in [0.15, 0.2) is 0 Å². The van der Waals surface area contributed by atoms with E-state index >= 15 is 0 Å². The zero-order valence-electron chi connectivity index (χ0n) is 20.3. The van der Waals surface area contributed by atoms with Gasteiger partial charge in [0.05, 0.1) is 52.2 Å². The first-order valence-corrected chi connectivity index (χ1v) is 11.5. The number of hydrogen-bond donors (Lipinski definition) is 1. The number of rotatable bonds is 5. The van der Waals surface area contributed by atoms with Gasteiger partial charge in [0.25, 0.3) is 5.91 Å². The first kappa shape index (κ1) is 24.2. The summed E-state index contributed by atoms with van der Waals surface area (Å²) in [5.74, 6) is -0.339. The van der Waals surface area contributed by atoms with Crippen LogP contribution in [0.2, 0.25) is 0 Å². The Hall–Kier alpha value is -4.47. The number of halogens is 3. The summed E-state index contributed by atoms with van der Waals surface area (Å²) < 4.78 is 42.6. The Morgan fingerprint density at radius 2 is 1.84 bits per heavy atom.